The summed E-state index contributed by atoms with van der Waals surface area (Å²) in [5.41, 5.74) is 8.45. The van der Waals surface area contributed by atoms with Crippen LogP contribution in [0, 0.1) is 0 Å². The van der Waals surface area contributed by atoms with Gasteiger partial charge < -0.3 is 20.3 Å². The maximum Gasteiger partial charge on any atom is 0.312 e. The van der Waals surface area contributed by atoms with Crippen LogP contribution in [-0.4, -0.2) is 31.8 Å². The molecule has 1 unspecified atom stereocenters. The summed E-state index contributed by atoms with van der Waals surface area (Å²) < 4.78 is 10.9. The van der Waals surface area contributed by atoms with E-state index in [1.165, 1.54) is 0 Å². The number of hydrogen-bond donors (Lipinski definition) is 2. The Morgan fingerprint density at radius 2 is 1.95 bits per heavy atom. The minimum atomic E-state index is -0.941. The Kier molecular flexibility index (Phi) is 4.49. The Morgan fingerprint density at radius 3 is 2.45 bits per heavy atom. The average Bonchev–Trinajstić information content (AvgIpc) is 2.46. The molecule has 0 radical (unpaired) electrons. The number of hydrogen-bond acceptors (Lipinski definition) is 4. The summed E-state index contributed by atoms with van der Waals surface area (Å²) in [4.78, 5) is 11.4. The lowest BCUT2D eigenvalue weighted by molar-refractivity contribution is -0.138. The van der Waals surface area contributed by atoms with Crippen molar-refractivity contribution < 1.29 is 19.4 Å². The number of ether oxygens (including phenoxy) is 2. The zero-order chi connectivity index (χ0) is 14.7. The van der Waals surface area contributed by atoms with E-state index in [0.717, 1.165) is 42.6 Å². The predicted octanol–water partition coefficient (Wildman–Crippen LogP) is 1.71. The van der Waals surface area contributed by atoms with Crippen molar-refractivity contribution in [3.05, 3.63) is 22.8 Å². The summed E-state index contributed by atoms with van der Waals surface area (Å²) in [5, 5.41) is 9.34. The molecule has 2 rings (SSSR count). The summed E-state index contributed by atoms with van der Waals surface area (Å²) in [6, 6.07) is 1.77. The Bertz CT molecular complexity index is 513. The lowest BCUT2D eigenvalue weighted by Crippen LogP contribution is -2.23. The van der Waals surface area contributed by atoms with E-state index in [4.69, 9.17) is 15.2 Å². The van der Waals surface area contributed by atoms with Crippen LogP contribution < -0.4 is 15.2 Å². The fourth-order valence-electron chi connectivity index (χ4n) is 2.94. The number of rotatable bonds is 5. The Morgan fingerprint density at radius 1 is 1.30 bits per heavy atom. The van der Waals surface area contributed by atoms with E-state index in [0.29, 0.717) is 11.3 Å². The molecule has 1 aromatic rings. The van der Waals surface area contributed by atoms with Gasteiger partial charge in [-0.15, -0.1) is 0 Å². The van der Waals surface area contributed by atoms with Crippen LogP contribution in [0.1, 0.15) is 35.4 Å². The monoisotopic (exact) mass is 279 g/mol. The van der Waals surface area contributed by atoms with Crippen LogP contribution in [0.5, 0.6) is 11.5 Å². The van der Waals surface area contributed by atoms with Gasteiger partial charge >= 0.3 is 5.97 Å². The van der Waals surface area contributed by atoms with Crippen LogP contribution in [0.3, 0.4) is 0 Å². The highest BCUT2D eigenvalue weighted by Crippen LogP contribution is 2.41. The number of carboxylic acids is 1. The van der Waals surface area contributed by atoms with E-state index in [1.807, 2.05) is 0 Å². The third-order valence-electron chi connectivity index (χ3n) is 3.92. The first-order chi connectivity index (χ1) is 9.63. The lowest BCUT2D eigenvalue weighted by Gasteiger charge is -2.25. The van der Waals surface area contributed by atoms with Crippen molar-refractivity contribution >= 4 is 5.97 Å². The summed E-state index contributed by atoms with van der Waals surface area (Å²) in [6.45, 7) is 0.0354. The van der Waals surface area contributed by atoms with Crippen molar-refractivity contribution in [2.24, 2.45) is 5.73 Å². The molecule has 0 saturated heterocycles. The van der Waals surface area contributed by atoms with Crippen LogP contribution in [0.15, 0.2) is 6.07 Å². The van der Waals surface area contributed by atoms with Gasteiger partial charge in [0.1, 0.15) is 11.5 Å². The van der Waals surface area contributed by atoms with Gasteiger partial charge in [-0.25, -0.2) is 0 Å². The number of carboxylic acid groups (broad SMARTS) is 1. The van der Waals surface area contributed by atoms with Gasteiger partial charge in [0.15, 0.2) is 0 Å². The molecule has 1 aliphatic carbocycles. The lowest BCUT2D eigenvalue weighted by atomic mass is 9.85. The van der Waals surface area contributed by atoms with Crippen LogP contribution >= 0.6 is 0 Å². The molecule has 0 aromatic heterocycles. The normalized spacial score (nSPS) is 15.3. The highest BCUT2D eigenvalue weighted by molar-refractivity contribution is 5.78. The summed E-state index contributed by atoms with van der Waals surface area (Å²) in [6.07, 6.45) is 4.02. The maximum absolute atomic E-state index is 11.4. The highest BCUT2D eigenvalue weighted by atomic mass is 16.5. The van der Waals surface area contributed by atoms with Crippen molar-refractivity contribution in [1.82, 2.24) is 0 Å². The molecule has 110 valence electrons. The number of carbonyl (C=O) groups is 1. The first-order valence-electron chi connectivity index (χ1n) is 6.83. The van der Waals surface area contributed by atoms with Crippen molar-refractivity contribution in [3.63, 3.8) is 0 Å². The standard InChI is InChI=1S/C15H21NO4/c1-19-13-7-11(12(8-16)15(17)18)14(20-2)10-6-4-3-5-9(10)13/h7,12H,3-6,8,16H2,1-2H3,(H,17,18). The predicted molar refractivity (Wildman–Crippen MR) is 75.6 cm³/mol. The Labute approximate surface area is 118 Å². The smallest absolute Gasteiger partial charge is 0.312 e. The Balaban J connectivity index is 2.64. The largest absolute Gasteiger partial charge is 0.496 e. The van der Waals surface area contributed by atoms with Gasteiger partial charge in [0.25, 0.3) is 0 Å². The van der Waals surface area contributed by atoms with E-state index >= 15 is 0 Å². The minimum absolute atomic E-state index is 0.0354. The van der Waals surface area contributed by atoms with Gasteiger partial charge in [-0.3, -0.25) is 4.79 Å². The molecule has 20 heavy (non-hydrogen) atoms. The van der Waals surface area contributed by atoms with Crippen molar-refractivity contribution in [2.75, 3.05) is 20.8 Å². The molecule has 0 heterocycles. The topological polar surface area (TPSA) is 81.8 Å². The Hall–Kier alpha value is -1.75. The molecule has 0 saturated carbocycles. The zero-order valence-electron chi connectivity index (χ0n) is 11.9. The summed E-state index contributed by atoms with van der Waals surface area (Å²) >= 11 is 0. The van der Waals surface area contributed by atoms with Gasteiger partial charge in [0.05, 0.1) is 20.1 Å². The molecule has 0 bridgehead atoms. The van der Waals surface area contributed by atoms with E-state index in [9.17, 15) is 9.90 Å². The molecule has 0 amide bonds. The first kappa shape index (κ1) is 14.7. The number of fused-ring (bicyclic) bond motifs is 1. The van der Waals surface area contributed by atoms with Crippen LogP contribution in [0.4, 0.5) is 0 Å². The molecule has 5 heteroatoms. The quantitative estimate of drug-likeness (QED) is 0.857. The van der Waals surface area contributed by atoms with Gasteiger partial charge in [-0.05, 0) is 31.7 Å². The summed E-state index contributed by atoms with van der Waals surface area (Å²) in [5.74, 6) is -0.303. The second-order valence-electron chi connectivity index (χ2n) is 4.99. The highest BCUT2D eigenvalue weighted by Gasteiger charge is 2.28. The van der Waals surface area contributed by atoms with Gasteiger partial charge in [0, 0.05) is 23.2 Å². The van der Waals surface area contributed by atoms with E-state index < -0.39 is 11.9 Å². The third kappa shape index (κ3) is 2.45. The van der Waals surface area contributed by atoms with E-state index in [2.05, 4.69) is 0 Å². The number of benzene rings is 1. The van der Waals surface area contributed by atoms with Crippen LogP contribution in [0.25, 0.3) is 0 Å². The molecule has 0 aliphatic heterocycles. The fraction of sp³-hybridized carbons (Fsp3) is 0.533. The van der Waals surface area contributed by atoms with E-state index in [1.54, 1.807) is 20.3 Å². The SMILES string of the molecule is COc1cc(C(CN)C(=O)O)c(OC)c2c1CCCC2. The summed E-state index contributed by atoms with van der Waals surface area (Å²) in [7, 11) is 3.19. The molecule has 1 atom stereocenters. The molecule has 0 spiro atoms. The van der Waals surface area contributed by atoms with Crippen LogP contribution in [-0.2, 0) is 17.6 Å². The zero-order valence-corrected chi connectivity index (χ0v) is 11.9. The molecular weight excluding hydrogens is 258 g/mol. The van der Waals surface area contributed by atoms with Crippen molar-refractivity contribution in [2.45, 2.75) is 31.6 Å². The fourth-order valence-corrected chi connectivity index (χ4v) is 2.94. The molecular formula is C15H21NO4. The van der Waals surface area contributed by atoms with E-state index in [-0.39, 0.29) is 6.54 Å². The number of aliphatic carboxylic acids is 1. The first-order valence-corrected chi connectivity index (χ1v) is 6.83. The molecule has 0 fully saturated rings. The average molecular weight is 279 g/mol. The molecule has 3 N–H and O–H groups in total. The van der Waals surface area contributed by atoms with Gasteiger partial charge in [0.2, 0.25) is 0 Å². The van der Waals surface area contributed by atoms with Crippen LogP contribution in [0.2, 0.25) is 0 Å². The van der Waals surface area contributed by atoms with Crippen molar-refractivity contribution in [3.8, 4) is 11.5 Å². The number of methoxy groups -OCH3 is 2. The number of nitrogens with two attached hydrogens (primary N) is 1. The van der Waals surface area contributed by atoms with Gasteiger partial charge in [-0.1, -0.05) is 0 Å². The molecule has 1 aromatic carbocycles. The molecule has 5 nitrogen and oxygen atoms in total. The maximum atomic E-state index is 11.4. The second-order valence-corrected chi connectivity index (χ2v) is 4.99. The van der Waals surface area contributed by atoms with Crippen molar-refractivity contribution in [1.29, 1.82) is 0 Å². The third-order valence-corrected chi connectivity index (χ3v) is 3.92. The molecule has 1 aliphatic rings. The second kappa shape index (κ2) is 6.13. The van der Waals surface area contributed by atoms with Gasteiger partial charge in [-0.2, -0.15) is 0 Å². The minimum Gasteiger partial charge on any atom is -0.496 e.